The number of hydrogen-bond donors (Lipinski definition) is 3. The van der Waals surface area contributed by atoms with E-state index in [0.717, 1.165) is 18.5 Å². The van der Waals surface area contributed by atoms with Gasteiger partial charge in [0.1, 0.15) is 17.1 Å². The number of benzene rings is 1. The quantitative estimate of drug-likeness (QED) is 0.363. The van der Waals surface area contributed by atoms with Crippen molar-refractivity contribution in [2.75, 3.05) is 10.6 Å². The summed E-state index contributed by atoms with van der Waals surface area (Å²) < 4.78 is 80.0. The zero-order valence-electron chi connectivity index (χ0n) is 18.5. The number of hydrogen-bond acceptors (Lipinski definition) is 6. The van der Waals surface area contributed by atoms with Gasteiger partial charge in [-0.05, 0) is 56.2 Å². The van der Waals surface area contributed by atoms with E-state index in [0.29, 0.717) is 11.6 Å². The Bertz CT molecular complexity index is 1260. The van der Waals surface area contributed by atoms with Gasteiger partial charge in [0.2, 0.25) is 5.95 Å². The van der Waals surface area contributed by atoms with Crippen LogP contribution in [0.1, 0.15) is 30.7 Å². The number of carbonyl (C=O) groups is 1. The second-order valence-electron chi connectivity index (χ2n) is 8.15. The van der Waals surface area contributed by atoms with Gasteiger partial charge in [0.05, 0.1) is 5.56 Å². The molecule has 2 heterocycles. The van der Waals surface area contributed by atoms with Crippen molar-refractivity contribution < 1.29 is 36.2 Å². The number of aryl methyl sites for hydroxylation is 1. The van der Waals surface area contributed by atoms with Crippen LogP contribution in [0.25, 0.3) is 11.1 Å². The number of nitrogens with one attached hydrogen (secondary N) is 2. The van der Waals surface area contributed by atoms with Gasteiger partial charge in [0, 0.05) is 23.6 Å². The molecular formula is C22H19F6N5O2. The van der Waals surface area contributed by atoms with Gasteiger partial charge < -0.3 is 15.7 Å². The maximum atomic E-state index is 13.8. The Morgan fingerprint density at radius 3 is 2.23 bits per heavy atom. The molecule has 0 fully saturated rings. The summed E-state index contributed by atoms with van der Waals surface area (Å²) in [6.45, 7) is 4.03. The van der Waals surface area contributed by atoms with E-state index in [2.05, 4.69) is 25.6 Å². The number of rotatable bonds is 6. The van der Waals surface area contributed by atoms with Gasteiger partial charge >= 0.3 is 18.3 Å². The Balaban J connectivity index is 2.01. The molecule has 0 saturated carbocycles. The Labute approximate surface area is 195 Å². The molecule has 1 aromatic carbocycles. The summed E-state index contributed by atoms with van der Waals surface area (Å²) in [4.78, 5) is 22.3. The fourth-order valence-electron chi connectivity index (χ4n) is 3.02. The van der Waals surface area contributed by atoms with Crippen molar-refractivity contribution in [2.24, 2.45) is 0 Å². The van der Waals surface area contributed by atoms with Crippen molar-refractivity contribution in [3.8, 4) is 11.1 Å². The van der Waals surface area contributed by atoms with Crippen LogP contribution in [0.5, 0.6) is 0 Å². The van der Waals surface area contributed by atoms with Crippen molar-refractivity contribution in [3.05, 3.63) is 59.5 Å². The predicted octanol–water partition coefficient (Wildman–Crippen LogP) is 5.90. The first-order valence-electron chi connectivity index (χ1n) is 9.94. The molecule has 3 N–H and O–H groups in total. The van der Waals surface area contributed by atoms with E-state index in [4.69, 9.17) is 0 Å². The van der Waals surface area contributed by atoms with E-state index in [-0.39, 0.29) is 22.8 Å². The van der Waals surface area contributed by atoms with Crippen LogP contribution in [0.4, 0.5) is 43.8 Å². The molecule has 7 nitrogen and oxygen atoms in total. The predicted molar refractivity (Wildman–Crippen MR) is 115 cm³/mol. The van der Waals surface area contributed by atoms with Crippen LogP contribution in [0.3, 0.4) is 0 Å². The Morgan fingerprint density at radius 1 is 0.943 bits per heavy atom. The Morgan fingerprint density at radius 2 is 1.63 bits per heavy atom. The number of pyridine rings is 1. The van der Waals surface area contributed by atoms with Crippen molar-refractivity contribution in [1.29, 1.82) is 0 Å². The second kappa shape index (κ2) is 9.04. The van der Waals surface area contributed by atoms with Crippen molar-refractivity contribution in [2.45, 2.75) is 38.7 Å². The van der Waals surface area contributed by atoms with Gasteiger partial charge in [-0.3, -0.25) is 0 Å². The minimum Gasteiger partial charge on any atom is -0.480 e. The molecule has 3 rings (SSSR count). The molecule has 35 heavy (non-hydrogen) atoms. The van der Waals surface area contributed by atoms with E-state index in [9.17, 15) is 36.2 Å². The molecule has 2 aromatic heterocycles. The van der Waals surface area contributed by atoms with E-state index in [1.54, 1.807) is 19.1 Å². The normalized spacial score (nSPS) is 12.4. The van der Waals surface area contributed by atoms with E-state index in [1.165, 1.54) is 19.9 Å². The molecule has 13 heteroatoms. The summed E-state index contributed by atoms with van der Waals surface area (Å²) in [5.74, 6) is -2.37. The zero-order valence-corrected chi connectivity index (χ0v) is 18.5. The van der Waals surface area contributed by atoms with E-state index < -0.39 is 40.9 Å². The summed E-state index contributed by atoms with van der Waals surface area (Å²) in [6.07, 6.45) is -7.47. The van der Waals surface area contributed by atoms with Gasteiger partial charge in [0.25, 0.3) is 0 Å². The summed E-state index contributed by atoms with van der Waals surface area (Å²) >= 11 is 0. The fraction of sp³-hybridized carbons (Fsp3) is 0.273. The lowest BCUT2D eigenvalue weighted by Gasteiger charge is -2.24. The number of carboxylic acids is 1. The summed E-state index contributed by atoms with van der Waals surface area (Å²) in [5.41, 5.74) is -2.91. The molecule has 186 valence electrons. The molecule has 0 aliphatic rings. The number of anilines is 3. The lowest BCUT2D eigenvalue weighted by molar-refractivity contribution is -0.142. The lowest BCUT2D eigenvalue weighted by atomic mass is 10.0. The average Bonchev–Trinajstić information content (AvgIpc) is 2.72. The maximum Gasteiger partial charge on any atom is 0.433 e. The molecule has 0 aliphatic heterocycles. The third-order valence-electron chi connectivity index (χ3n) is 4.77. The molecule has 0 bridgehead atoms. The lowest BCUT2D eigenvalue weighted by Crippen LogP contribution is -2.40. The Hall–Kier alpha value is -3.90. The van der Waals surface area contributed by atoms with Crippen LogP contribution in [0, 0.1) is 6.92 Å². The van der Waals surface area contributed by atoms with Crippen LogP contribution in [-0.2, 0) is 17.1 Å². The molecule has 3 aromatic rings. The van der Waals surface area contributed by atoms with Crippen LogP contribution < -0.4 is 10.6 Å². The van der Waals surface area contributed by atoms with Crippen LogP contribution in [0.2, 0.25) is 0 Å². The number of nitrogens with zero attached hydrogens (tertiary/aromatic N) is 3. The maximum absolute atomic E-state index is 13.8. The minimum atomic E-state index is -4.85. The topological polar surface area (TPSA) is 100 Å². The van der Waals surface area contributed by atoms with Gasteiger partial charge in [0.15, 0.2) is 0 Å². The second-order valence-corrected chi connectivity index (χ2v) is 8.15. The molecule has 0 unspecified atom stereocenters. The largest absolute Gasteiger partial charge is 0.480 e. The summed E-state index contributed by atoms with van der Waals surface area (Å²) in [6, 6.07) is 6.03. The summed E-state index contributed by atoms with van der Waals surface area (Å²) in [7, 11) is 0. The molecule has 0 aliphatic carbocycles. The highest BCUT2D eigenvalue weighted by atomic mass is 19.4. The van der Waals surface area contributed by atoms with Crippen LogP contribution in [-0.4, -0.2) is 31.6 Å². The number of halogens is 6. The van der Waals surface area contributed by atoms with E-state index >= 15 is 0 Å². The van der Waals surface area contributed by atoms with Crippen molar-refractivity contribution in [1.82, 2.24) is 15.0 Å². The highest BCUT2D eigenvalue weighted by Gasteiger charge is 2.38. The average molecular weight is 499 g/mol. The monoisotopic (exact) mass is 499 g/mol. The standard InChI is InChI=1S/C22H19F6N5O2/c1-11-6-12(8-14(7-11)31-19-29-5-4-16(32-19)22(26,27)28)13-9-15(21(23,24)25)17(30-10-13)33-20(2,3)18(34)35/h4-10H,1-3H3,(H,30,33)(H,34,35)(H,29,31,32). The Kier molecular flexibility index (Phi) is 6.64. The number of alkyl halides is 6. The third kappa shape index (κ3) is 6.16. The molecule has 0 saturated heterocycles. The van der Waals surface area contributed by atoms with Gasteiger partial charge in [-0.25, -0.2) is 19.7 Å². The van der Waals surface area contributed by atoms with Gasteiger partial charge in [-0.1, -0.05) is 6.07 Å². The number of aliphatic carboxylic acids is 1. The number of carboxylic acid groups (broad SMARTS) is 1. The van der Waals surface area contributed by atoms with Gasteiger partial charge in [-0.15, -0.1) is 0 Å². The highest BCUT2D eigenvalue weighted by molar-refractivity contribution is 5.82. The summed E-state index contributed by atoms with van der Waals surface area (Å²) in [5, 5.41) is 14.1. The van der Waals surface area contributed by atoms with Crippen LogP contribution in [0.15, 0.2) is 42.7 Å². The van der Waals surface area contributed by atoms with Crippen LogP contribution >= 0.6 is 0 Å². The SMILES string of the molecule is Cc1cc(Nc2nccc(C(F)(F)F)n2)cc(-c2cnc(NC(C)(C)C(=O)O)c(C(F)(F)F)c2)c1. The first kappa shape index (κ1) is 25.7. The molecule has 0 amide bonds. The van der Waals surface area contributed by atoms with E-state index in [1.807, 2.05) is 0 Å². The fourth-order valence-corrected chi connectivity index (χ4v) is 3.02. The molecular weight excluding hydrogens is 480 g/mol. The third-order valence-corrected chi connectivity index (χ3v) is 4.77. The highest BCUT2D eigenvalue weighted by Crippen LogP contribution is 2.38. The molecule has 0 spiro atoms. The first-order chi connectivity index (χ1) is 16.1. The molecule has 0 atom stereocenters. The van der Waals surface area contributed by atoms with Crippen molar-refractivity contribution in [3.63, 3.8) is 0 Å². The van der Waals surface area contributed by atoms with Gasteiger partial charge in [-0.2, -0.15) is 26.3 Å². The zero-order chi connectivity index (χ0) is 26.2. The van der Waals surface area contributed by atoms with Crippen molar-refractivity contribution >= 4 is 23.4 Å². The first-order valence-corrected chi connectivity index (χ1v) is 9.94. The minimum absolute atomic E-state index is 0.0488. The number of aromatic nitrogens is 3. The smallest absolute Gasteiger partial charge is 0.433 e. The molecule has 0 radical (unpaired) electrons.